The Kier molecular flexibility index (Phi) is 4.44. The van der Waals surface area contributed by atoms with E-state index in [0.29, 0.717) is 22.7 Å². The largest absolute Gasteiger partial charge is 0.494 e. The van der Waals surface area contributed by atoms with Gasteiger partial charge >= 0.3 is 5.97 Å². The van der Waals surface area contributed by atoms with Gasteiger partial charge in [0.1, 0.15) is 5.75 Å². The molecule has 2 aromatic rings. The fraction of sp³-hybridized carbons (Fsp3) is 0.286. The summed E-state index contributed by atoms with van der Waals surface area (Å²) in [5, 5.41) is 8.93. The zero-order valence-corrected chi connectivity index (χ0v) is 12.8. The predicted octanol–water partition coefficient (Wildman–Crippen LogP) is 3.17. The van der Waals surface area contributed by atoms with Gasteiger partial charge in [-0.2, -0.15) is 0 Å². The molecular weight excluding hydrogens is 324 g/mol. The number of nitrogens with one attached hydrogen (secondary N) is 1. The number of carboxylic acids is 1. The molecule has 0 aliphatic rings. The lowest BCUT2D eigenvalue weighted by Gasteiger charge is -2.08. The number of ether oxygens (including phenoxy) is 1. The van der Waals surface area contributed by atoms with Crippen molar-refractivity contribution in [1.82, 2.24) is 9.97 Å². The molecule has 2 rings (SSSR count). The molecule has 0 unspecified atom stereocenters. The highest BCUT2D eigenvalue weighted by molar-refractivity contribution is 9.10. The number of benzene rings is 1. The molecule has 0 amide bonds. The number of imidazole rings is 1. The second kappa shape index (κ2) is 6.09. The Bertz CT molecular complexity index is 637. The monoisotopic (exact) mass is 338 g/mol. The van der Waals surface area contributed by atoms with Crippen molar-refractivity contribution in [3.05, 3.63) is 34.2 Å². The molecule has 5 nitrogen and oxygen atoms in total. The van der Waals surface area contributed by atoms with Crippen LogP contribution < -0.4 is 4.74 Å². The summed E-state index contributed by atoms with van der Waals surface area (Å²) in [4.78, 5) is 18.1. The first kappa shape index (κ1) is 14.6. The first-order chi connectivity index (χ1) is 9.51. The van der Waals surface area contributed by atoms with Gasteiger partial charge in [-0.15, -0.1) is 0 Å². The van der Waals surface area contributed by atoms with Crippen LogP contribution in [-0.4, -0.2) is 27.7 Å². The molecule has 0 fully saturated rings. The third-order valence-corrected chi connectivity index (χ3v) is 3.20. The quantitative estimate of drug-likeness (QED) is 0.877. The van der Waals surface area contributed by atoms with Crippen molar-refractivity contribution in [3.8, 4) is 17.0 Å². The van der Waals surface area contributed by atoms with Gasteiger partial charge in [-0.1, -0.05) is 0 Å². The molecule has 1 heterocycles. The third-order valence-electron chi connectivity index (χ3n) is 2.83. The van der Waals surface area contributed by atoms with E-state index in [1.807, 2.05) is 32.0 Å². The van der Waals surface area contributed by atoms with Gasteiger partial charge in [0.2, 0.25) is 0 Å². The number of H-pyrrole nitrogens is 1. The highest BCUT2D eigenvalue weighted by atomic mass is 79.9. The zero-order valence-electron chi connectivity index (χ0n) is 11.2. The maximum absolute atomic E-state index is 10.9. The number of carboxylic acid groups (broad SMARTS) is 1. The molecule has 0 aliphatic heterocycles. The third kappa shape index (κ3) is 3.19. The second-order valence-corrected chi connectivity index (χ2v) is 5.09. The van der Waals surface area contributed by atoms with Gasteiger partial charge < -0.3 is 14.8 Å². The number of halogens is 1. The number of aromatic nitrogens is 2. The molecule has 0 spiro atoms. The highest BCUT2D eigenvalue weighted by Gasteiger charge is 2.15. The first-order valence-electron chi connectivity index (χ1n) is 6.21. The van der Waals surface area contributed by atoms with E-state index in [1.54, 1.807) is 0 Å². The van der Waals surface area contributed by atoms with E-state index in [1.165, 1.54) is 0 Å². The van der Waals surface area contributed by atoms with Crippen molar-refractivity contribution in [3.63, 3.8) is 0 Å². The molecule has 0 aliphatic carbocycles. The predicted molar refractivity (Wildman–Crippen MR) is 79.0 cm³/mol. The van der Waals surface area contributed by atoms with Crippen LogP contribution in [0.4, 0.5) is 0 Å². The van der Waals surface area contributed by atoms with E-state index in [4.69, 9.17) is 9.84 Å². The van der Waals surface area contributed by atoms with E-state index in [2.05, 4.69) is 25.9 Å². The standard InChI is InChI=1S/C14H15BrN2O3/c1-3-20-11-5-4-9(6-8(11)2)13-10(7-12(18)19)16-14(15)17-13/h4-6H,3,7H2,1-2H3,(H,16,17)(H,18,19). The average Bonchev–Trinajstić information content (AvgIpc) is 2.72. The fourth-order valence-corrected chi connectivity index (χ4v) is 2.43. The number of nitrogens with zero attached hydrogens (tertiary/aromatic N) is 1. The lowest BCUT2D eigenvalue weighted by atomic mass is 10.1. The van der Waals surface area contributed by atoms with E-state index in [0.717, 1.165) is 16.9 Å². The first-order valence-corrected chi connectivity index (χ1v) is 7.00. The van der Waals surface area contributed by atoms with E-state index >= 15 is 0 Å². The Labute approximate surface area is 125 Å². The second-order valence-electron chi connectivity index (χ2n) is 4.34. The minimum Gasteiger partial charge on any atom is -0.494 e. The summed E-state index contributed by atoms with van der Waals surface area (Å²) in [7, 11) is 0. The molecular formula is C14H15BrN2O3. The van der Waals surface area contributed by atoms with E-state index in [-0.39, 0.29) is 6.42 Å². The van der Waals surface area contributed by atoms with Crippen LogP contribution in [0.5, 0.6) is 5.75 Å². The van der Waals surface area contributed by atoms with Crippen LogP contribution in [0, 0.1) is 6.92 Å². The molecule has 0 saturated carbocycles. The molecule has 6 heteroatoms. The number of aromatic amines is 1. The molecule has 0 radical (unpaired) electrons. The molecule has 1 aromatic heterocycles. The summed E-state index contributed by atoms with van der Waals surface area (Å²) in [5.74, 6) is -0.0734. The molecule has 20 heavy (non-hydrogen) atoms. The summed E-state index contributed by atoms with van der Waals surface area (Å²) in [6.45, 7) is 4.49. The summed E-state index contributed by atoms with van der Waals surface area (Å²) in [6.07, 6.45) is -0.0970. The molecule has 0 bridgehead atoms. The summed E-state index contributed by atoms with van der Waals surface area (Å²) >= 11 is 3.24. The van der Waals surface area contributed by atoms with Crippen molar-refractivity contribution >= 4 is 21.9 Å². The molecule has 1 aromatic carbocycles. The van der Waals surface area contributed by atoms with Crippen molar-refractivity contribution in [2.45, 2.75) is 20.3 Å². The van der Waals surface area contributed by atoms with E-state index < -0.39 is 5.97 Å². The van der Waals surface area contributed by atoms with Gasteiger partial charge in [-0.25, -0.2) is 4.98 Å². The Morgan fingerprint density at radius 3 is 2.85 bits per heavy atom. The summed E-state index contributed by atoms with van der Waals surface area (Å²) in [6, 6.07) is 5.70. The topological polar surface area (TPSA) is 75.2 Å². The lowest BCUT2D eigenvalue weighted by molar-refractivity contribution is -0.136. The van der Waals surface area contributed by atoms with Crippen LogP contribution in [0.1, 0.15) is 18.2 Å². The number of rotatable bonds is 5. The molecule has 106 valence electrons. The van der Waals surface area contributed by atoms with Crippen LogP contribution in [-0.2, 0) is 11.2 Å². The van der Waals surface area contributed by atoms with Crippen LogP contribution in [0.15, 0.2) is 22.9 Å². The molecule has 0 saturated heterocycles. The van der Waals surface area contributed by atoms with Crippen molar-refractivity contribution in [1.29, 1.82) is 0 Å². The Hall–Kier alpha value is -1.82. The zero-order chi connectivity index (χ0) is 14.7. The molecule has 2 N–H and O–H groups in total. The van der Waals surface area contributed by atoms with Crippen molar-refractivity contribution < 1.29 is 14.6 Å². The van der Waals surface area contributed by atoms with Crippen molar-refractivity contribution in [2.75, 3.05) is 6.61 Å². The van der Waals surface area contributed by atoms with Gasteiger partial charge in [0, 0.05) is 5.56 Å². The average molecular weight is 339 g/mol. The van der Waals surface area contributed by atoms with Gasteiger partial charge in [0.05, 0.1) is 24.4 Å². The minimum absolute atomic E-state index is 0.0970. The number of aryl methyl sites for hydroxylation is 1. The Morgan fingerprint density at radius 1 is 1.50 bits per heavy atom. The maximum Gasteiger partial charge on any atom is 0.309 e. The van der Waals surface area contributed by atoms with Crippen LogP contribution in [0.3, 0.4) is 0 Å². The normalized spacial score (nSPS) is 10.6. The number of aliphatic carboxylic acids is 1. The van der Waals surface area contributed by atoms with Crippen molar-refractivity contribution in [2.24, 2.45) is 0 Å². The Morgan fingerprint density at radius 2 is 2.25 bits per heavy atom. The van der Waals surface area contributed by atoms with E-state index in [9.17, 15) is 4.79 Å². The van der Waals surface area contributed by atoms with Gasteiger partial charge in [-0.05, 0) is 53.5 Å². The van der Waals surface area contributed by atoms with Gasteiger partial charge in [0.25, 0.3) is 0 Å². The van der Waals surface area contributed by atoms with Gasteiger partial charge in [0.15, 0.2) is 4.73 Å². The fourth-order valence-electron chi connectivity index (χ4n) is 2.01. The SMILES string of the molecule is CCOc1ccc(-c2nc(Br)[nH]c2CC(=O)O)cc1C. The Balaban J connectivity index is 2.41. The van der Waals surface area contributed by atoms with Gasteiger partial charge in [-0.3, -0.25) is 4.79 Å². The van der Waals surface area contributed by atoms with Crippen LogP contribution >= 0.6 is 15.9 Å². The van der Waals surface area contributed by atoms with Crippen LogP contribution in [0.25, 0.3) is 11.3 Å². The summed E-state index contributed by atoms with van der Waals surface area (Å²) in [5.41, 5.74) is 3.08. The summed E-state index contributed by atoms with van der Waals surface area (Å²) < 4.78 is 6.02. The number of carbonyl (C=O) groups is 1. The minimum atomic E-state index is -0.898. The lowest BCUT2D eigenvalue weighted by Crippen LogP contribution is -2.02. The smallest absolute Gasteiger partial charge is 0.309 e. The molecule has 0 atom stereocenters. The maximum atomic E-state index is 10.9. The number of hydrogen-bond acceptors (Lipinski definition) is 3. The van der Waals surface area contributed by atoms with Crippen LogP contribution in [0.2, 0.25) is 0 Å². The number of hydrogen-bond donors (Lipinski definition) is 2. The highest BCUT2D eigenvalue weighted by Crippen LogP contribution is 2.28.